The van der Waals surface area contributed by atoms with Crippen molar-refractivity contribution in [2.75, 3.05) is 26.8 Å². The van der Waals surface area contributed by atoms with Gasteiger partial charge in [-0.2, -0.15) is 0 Å². The van der Waals surface area contributed by atoms with Gasteiger partial charge in [0.15, 0.2) is 0 Å². The summed E-state index contributed by atoms with van der Waals surface area (Å²) in [7, 11) is 1.48. The van der Waals surface area contributed by atoms with E-state index in [0.29, 0.717) is 15.1 Å². The standard InChI is InChI=1S/C12H13BrClNO4/c1-19-5-4-15(7-11(16)17)12(18)9-6-8(14)2-3-10(9)13/h2-3,6H,4-5,7H2,1H3,(H,16,17). The summed E-state index contributed by atoms with van der Waals surface area (Å²) < 4.78 is 5.43. The van der Waals surface area contributed by atoms with Crippen molar-refractivity contribution >= 4 is 39.4 Å². The van der Waals surface area contributed by atoms with Crippen molar-refractivity contribution in [3.63, 3.8) is 0 Å². The molecule has 0 aromatic heterocycles. The van der Waals surface area contributed by atoms with E-state index >= 15 is 0 Å². The third-order valence-electron chi connectivity index (χ3n) is 2.34. The number of carbonyl (C=O) groups excluding carboxylic acids is 1. The summed E-state index contributed by atoms with van der Waals surface area (Å²) >= 11 is 9.09. The number of carboxylic acid groups (broad SMARTS) is 1. The molecule has 0 radical (unpaired) electrons. The Kier molecular flexibility index (Phi) is 6.27. The molecule has 1 rings (SSSR count). The smallest absolute Gasteiger partial charge is 0.323 e. The maximum absolute atomic E-state index is 12.3. The lowest BCUT2D eigenvalue weighted by Gasteiger charge is -2.21. The van der Waals surface area contributed by atoms with Crippen LogP contribution < -0.4 is 0 Å². The first-order chi connectivity index (χ1) is 8.95. The highest BCUT2D eigenvalue weighted by molar-refractivity contribution is 9.10. The molecule has 0 fully saturated rings. The van der Waals surface area contributed by atoms with E-state index in [9.17, 15) is 9.59 Å². The molecule has 0 aliphatic carbocycles. The molecule has 0 atom stereocenters. The number of hydrogen-bond acceptors (Lipinski definition) is 3. The number of halogens is 2. The van der Waals surface area contributed by atoms with E-state index in [0.717, 1.165) is 0 Å². The van der Waals surface area contributed by atoms with Crippen molar-refractivity contribution in [2.24, 2.45) is 0 Å². The van der Waals surface area contributed by atoms with E-state index in [1.807, 2.05) is 0 Å². The SMILES string of the molecule is COCCN(CC(=O)O)C(=O)c1cc(Cl)ccc1Br. The Bertz CT molecular complexity index is 481. The van der Waals surface area contributed by atoms with Gasteiger partial charge in [0, 0.05) is 23.1 Å². The highest BCUT2D eigenvalue weighted by atomic mass is 79.9. The molecule has 0 unspecified atom stereocenters. The molecule has 1 amide bonds. The van der Waals surface area contributed by atoms with E-state index < -0.39 is 11.9 Å². The van der Waals surface area contributed by atoms with Gasteiger partial charge in [0.25, 0.3) is 5.91 Å². The van der Waals surface area contributed by atoms with Gasteiger partial charge in [0.2, 0.25) is 0 Å². The van der Waals surface area contributed by atoms with Crippen molar-refractivity contribution in [1.82, 2.24) is 4.90 Å². The fraction of sp³-hybridized carbons (Fsp3) is 0.333. The molecular weight excluding hydrogens is 337 g/mol. The summed E-state index contributed by atoms with van der Waals surface area (Å²) in [6, 6.07) is 4.78. The number of aliphatic carboxylic acids is 1. The van der Waals surface area contributed by atoms with Crippen molar-refractivity contribution in [3.05, 3.63) is 33.3 Å². The Morgan fingerprint density at radius 3 is 2.74 bits per heavy atom. The average Bonchev–Trinajstić information content (AvgIpc) is 2.36. The number of ether oxygens (including phenoxy) is 1. The Labute approximate surface area is 124 Å². The number of rotatable bonds is 6. The van der Waals surface area contributed by atoms with Gasteiger partial charge in [-0.1, -0.05) is 11.6 Å². The van der Waals surface area contributed by atoms with Crippen LogP contribution in [0.1, 0.15) is 10.4 Å². The summed E-state index contributed by atoms with van der Waals surface area (Å²) in [6.07, 6.45) is 0. The van der Waals surface area contributed by atoms with Crippen LogP contribution in [0.2, 0.25) is 5.02 Å². The van der Waals surface area contributed by atoms with Crippen LogP contribution in [0.5, 0.6) is 0 Å². The number of hydrogen-bond donors (Lipinski definition) is 1. The van der Waals surface area contributed by atoms with Crippen LogP contribution in [0.25, 0.3) is 0 Å². The molecule has 0 spiro atoms. The third-order valence-corrected chi connectivity index (χ3v) is 3.26. The monoisotopic (exact) mass is 349 g/mol. The molecule has 0 aliphatic heterocycles. The van der Waals surface area contributed by atoms with Crippen LogP contribution in [-0.2, 0) is 9.53 Å². The number of amides is 1. The van der Waals surface area contributed by atoms with Crippen LogP contribution in [0.3, 0.4) is 0 Å². The lowest BCUT2D eigenvalue weighted by Crippen LogP contribution is -2.38. The molecule has 0 heterocycles. The minimum Gasteiger partial charge on any atom is -0.480 e. The van der Waals surface area contributed by atoms with Gasteiger partial charge in [-0.15, -0.1) is 0 Å². The van der Waals surface area contributed by atoms with Crippen LogP contribution >= 0.6 is 27.5 Å². The Morgan fingerprint density at radius 1 is 1.47 bits per heavy atom. The number of carbonyl (C=O) groups is 2. The Hall–Kier alpha value is -1.11. The topological polar surface area (TPSA) is 66.8 Å². The quantitative estimate of drug-likeness (QED) is 0.855. The first-order valence-electron chi connectivity index (χ1n) is 5.40. The predicted molar refractivity (Wildman–Crippen MR) is 74.6 cm³/mol. The second kappa shape index (κ2) is 7.47. The van der Waals surface area contributed by atoms with E-state index in [1.165, 1.54) is 18.1 Å². The van der Waals surface area contributed by atoms with E-state index in [2.05, 4.69) is 15.9 Å². The van der Waals surface area contributed by atoms with Gasteiger partial charge in [-0.3, -0.25) is 9.59 Å². The van der Waals surface area contributed by atoms with E-state index in [1.54, 1.807) is 12.1 Å². The fourth-order valence-corrected chi connectivity index (χ4v) is 2.04. The zero-order valence-electron chi connectivity index (χ0n) is 10.2. The molecule has 0 aliphatic rings. The summed E-state index contributed by atoms with van der Waals surface area (Å²) in [6.45, 7) is 0.0684. The minimum absolute atomic E-state index is 0.195. The van der Waals surface area contributed by atoms with Crippen LogP contribution in [-0.4, -0.2) is 48.7 Å². The molecule has 1 N–H and O–H groups in total. The van der Waals surface area contributed by atoms with Crippen LogP contribution in [0, 0.1) is 0 Å². The normalized spacial score (nSPS) is 10.3. The van der Waals surface area contributed by atoms with Gasteiger partial charge in [0.05, 0.1) is 12.2 Å². The lowest BCUT2D eigenvalue weighted by molar-refractivity contribution is -0.137. The van der Waals surface area contributed by atoms with Crippen molar-refractivity contribution < 1.29 is 19.4 Å². The highest BCUT2D eigenvalue weighted by Gasteiger charge is 2.20. The molecule has 5 nitrogen and oxygen atoms in total. The highest BCUT2D eigenvalue weighted by Crippen LogP contribution is 2.22. The second-order valence-electron chi connectivity index (χ2n) is 3.74. The molecule has 19 heavy (non-hydrogen) atoms. The van der Waals surface area contributed by atoms with Gasteiger partial charge in [-0.25, -0.2) is 0 Å². The van der Waals surface area contributed by atoms with Crippen molar-refractivity contribution in [3.8, 4) is 0 Å². The van der Waals surface area contributed by atoms with Crippen molar-refractivity contribution in [2.45, 2.75) is 0 Å². The van der Waals surface area contributed by atoms with Gasteiger partial charge < -0.3 is 14.7 Å². The molecule has 7 heteroatoms. The summed E-state index contributed by atoms with van der Waals surface area (Å²) in [5.74, 6) is -1.49. The van der Waals surface area contributed by atoms with Gasteiger partial charge >= 0.3 is 5.97 Å². The third kappa shape index (κ3) is 4.81. The largest absolute Gasteiger partial charge is 0.480 e. The summed E-state index contributed by atoms with van der Waals surface area (Å²) in [4.78, 5) is 24.3. The zero-order chi connectivity index (χ0) is 14.4. The molecule has 0 saturated carbocycles. The van der Waals surface area contributed by atoms with Crippen LogP contribution in [0.4, 0.5) is 0 Å². The molecule has 0 bridgehead atoms. The maximum atomic E-state index is 12.3. The number of methoxy groups -OCH3 is 1. The maximum Gasteiger partial charge on any atom is 0.323 e. The molecular formula is C12H13BrClNO4. The lowest BCUT2D eigenvalue weighted by atomic mass is 10.2. The zero-order valence-corrected chi connectivity index (χ0v) is 12.6. The number of carboxylic acids is 1. The number of nitrogens with zero attached hydrogens (tertiary/aromatic N) is 1. The molecule has 0 saturated heterocycles. The van der Waals surface area contributed by atoms with E-state index in [4.69, 9.17) is 21.4 Å². The predicted octanol–water partition coefficient (Wildman–Crippen LogP) is 2.28. The Balaban J connectivity index is 2.97. The molecule has 104 valence electrons. The van der Waals surface area contributed by atoms with Crippen LogP contribution in [0.15, 0.2) is 22.7 Å². The van der Waals surface area contributed by atoms with Crippen molar-refractivity contribution in [1.29, 1.82) is 0 Å². The summed E-state index contributed by atoms with van der Waals surface area (Å²) in [5.41, 5.74) is 0.324. The Morgan fingerprint density at radius 2 is 2.16 bits per heavy atom. The first-order valence-corrected chi connectivity index (χ1v) is 6.58. The first kappa shape index (κ1) is 15.9. The van der Waals surface area contributed by atoms with E-state index in [-0.39, 0.29) is 19.7 Å². The molecule has 1 aromatic carbocycles. The van der Waals surface area contributed by atoms with Gasteiger partial charge in [-0.05, 0) is 34.1 Å². The van der Waals surface area contributed by atoms with Gasteiger partial charge in [0.1, 0.15) is 6.54 Å². The molecule has 1 aromatic rings. The fourth-order valence-electron chi connectivity index (χ4n) is 1.45. The number of benzene rings is 1. The summed E-state index contributed by atoms with van der Waals surface area (Å²) in [5, 5.41) is 9.24. The minimum atomic E-state index is -1.08. The average molecular weight is 351 g/mol. The second-order valence-corrected chi connectivity index (χ2v) is 5.03.